The standard InChI is InChI=1S/C19H18N4O2S2/c1-11-7-3-4-8-13(11)21-17(25)15-12(2)14-16(24)22-19(23-18(14)27-15)26-10-6-5-9-20/h3-4,7-8H,5-6,10H2,1-2H3,(H,21,25)(H,22,23,24). The molecule has 0 spiro atoms. The Morgan fingerprint density at radius 1 is 1.37 bits per heavy atom. The van der Waals surface area contributed by atoms with Crippen LogP contribution in [0.15, 0.2) is 34.2 Å². The van der Waals surface area contributed by atoms with Crippen molar-refractivity contribution in [1.29, 1.82) is 5.26 Å². The van der Waals surface area contributed by atoms with E-state index in [4.69, 9.17) is 5.26 Å². The minimum Gasteiger partial charge on any atom is -0.321 e. The predicted octanol–water partition coefficient (Wildman–Crippen LogP) is 4.25. The fourth-order valence-electron chi connectivity index (χ4n) is 2.62. The summed E-state index contributed by atoms with van der Waals surface area (Å²) in [7, 11) is 0. The van der Waals surface area contributed by atoms with E-state index in [-0.39, 0.29) is 11.5 Å². The molecule has 0 fully saturated rings. The maximum atomic E-state index is 12.7. The smallest absolute Gasteiger partial charge is 0.266 e. The number of nitrogens with zero attached hydrogens (tertiary/aromatic N) is 2. The van der Waals surface area contributed by atoms with Crippen LogP contribution in [-0.4, -0.2) is 21.6 Å². The molecule has 1 aromatic carbocycles. The Hall–Kier alpha value is -2.63. The van der Waals surface area contributed by atoms with Gasteiger partial charge in [-0.1, -0.05) is 30.0 Å². The summed E-state index contributed by atoms with van der Waals surface area (Å²) in [6.45, 7) is 3.69. The Kier molecular flexibility index (Phi) is 5.94. The van der Waals surface area contributed by atoms with Gasteiger partial charge in [-0.25, -0.2) is 4.98 Å². The number of fused-ring (bicyclic) bond motifs is 1. The number of aryl methyl sites for hydroxylation is 2. The Balaban J connectivity index is 1.89. The molecule has 0 aliphatic heterocycles. The summed E-state index contributed by atoms with van der Waals surface area (Å²) in [5.74, 6) is 0.458. The molecule has 3 rings (SSSR count). The lowest BCUT2D eigenvalue weighted by molar-refractivity contribution is 0.103. The van der Waals surface area contributed by atoms with Crippen molar-refractivity contribution < 1.29 is 4.79 Å². The normalized spacial score (nSPS) is 10.7. The second-order valence-electron chi connectivity index (χ2n) is 5.99. The van der Waals surface area contributed by atoms with Crippen LogP contribution >= 0.6 is 23.1 Å². The van der Waals surface area contributed by atoms with Gasteiger partial charge in [-0.2, -0.15) is 5.26 Å². The molecule has 0 unspecified atom stereocenters. The van der Waals surface area contributed by atoms with Crippen molar-refractivity contribution in [2.45, 2.75) is 31.8 Å². The van der Waals surface area contributed by atoms with Crippen molar-refractivity contribution in [3.8, 4) is 6.07 Å². The first-order valence-electron chi connectivity index (χ1n) is 8.41. The summed E-state index contributed by atoms with van der Waals surface area (Å²) in [4.78, 5) is 33.5. The van der Waals surface area contributed by atoms with Gasteiger partial charge >= 0.3 is 0 Å². The molecule has 2 N–H and O–H groups in total. The first-order chi connectivity index (χ1) is 13.0. The van der Waals surface area contributed by atoms with Crippen LogP contribution in [-0.2, 0) is 0 Å². The largest absolute Gasteiger partial charge is 0.321 e. The maximum Gasteiger partial charge on any atom is 0.266 e. The molecule has 0 saturated heterocycles. The predicted molar refractivity (Wildman–Crippen MR) is 110 cm³/mol. The Labute approximate surface area is 164 Å². The van der Waals surface area contributed by atoms with E-state index in [1.807, 2.05) is 31.2 Å². The zero-order chi connectivity index (χ0) is 19.4. The first kappa shape index (κ1) is 19.1. The average molecular weight is 399 g/mol. The number of amides is 1. The number of rotatable bonds is 6. The lowest BCUT2D eigenvalue weighted by Gasteiger charge is -2.07. The Morgan fingerprint density at radius 2 is 2.15 bits per heavy atom. The maximum absolute atomic E-state index is 12.7. The molecule has 27 heavy (non-hydrogen) atoms. The fourth-order valence-corrected chi connectivity index (χ4v) is 4.56. The van der Waals surface area contributed by atoms with Crippen LogP contribution in [0.25, 0.3) is 10.2 Å². The summed E-state index contributed by atoms with van der Waals surface area (Å²) in [5.41, 5.74) is 2.11. The van der Waals surface area contributed by atoms with E-state index in [0.29, 0.717) is 38.0 Å². The lowest BCUT2D eigenvalue weighted by atomic mass is 10.2. The number of nitriles is 1. The monoisotopic (exact) mass is 398 g/mol. The van der Waals surface area contributed by atoms with Gasteiger partial charge in [0.25, 0.3) is 11.5 Å². The van der Waals surface area contributed by atoms with E-state index in [2.05, 4.69) is 21.4 Å². The molecule has 8 heteroatoms. The number of aromatic amines is 1. The third-order valence-corrected chi connectivity index (χ3v) is 6.19. The van der Waals surface area contributed by atoms with Gasteiger partial charge in [-0.3, -0.25) is 9.59 Å². The van der Waals surface area contributed by atoms with E-state index in [1.54, 1.807) is 6.92 Å². The summed E-state index contributed by atoms with van der Waals surface area (Å²) < 4.78 is 0. The summed E-state index contributed by atoms with van der Waals surface area (Å²) in [6.07, 6.45) is 1.21. The van der Waals surface area contributed by atoms with Crippen LogP contribution in [0.5, 0.6) is 0 Å². The number of unbranched alkanes of at least 4 members (excludes halogenated alkanes) is 1. The number of thioether (sulfide) groups is 1. The van der Waals surface area contributed by atoms with Crippen LogP contribution in [0.2, 0.25) is 0 Å². The molecule has 6 nitrogen and oxygen atoms in total. The third-order valence-electron chi connectivity index (χ3n) is 4.05. The Morgan fingerprint density at radius 3 is 2.89 bits per heavy atom. The average Bonchev–Trinajstić information content (AvgIpc) is 2.98. The second-order valence-corrected chi connectivity index (χ2v) is 8.07. The van der Waals surface area contributed by atoms with E-state index in [9.17, 15) is 9.59 Å². The van der Waals surface area contributed by atoms with Gasteiger partial charge in [0.1, 0.15) is 4.83 Å². The lowest BCUT2D eigenvalue weighted by Crippen LogP contribution is -2.13. The number of anilines is 1. The molecule has 1 amide bonds. The molecule has 0 atom stereocenters. The van der Waals surface area contributed by atoms with E-state index in [1.165, 1.54) is 23.1 Å². The van der Waals surface area contributed by atoms with E-state index >= 15 is 0 Å². The van der Waals surface area contributed by atoms with Crippen molar-refractivity contribution in [3.05, 3.63) is 50.6 Å². The van der Waals surface area contributed by atoms with Gasteiger partial charge in [0, 0.05) is 17.9 Å². The van der Waals surface area contributed by atoms with Gasteiger partial charge < -0.3 is 10.3 Å². The van der Waals surface area contributed by atoms with Gasteiger partial charge in [0.15, 0.2) is 5.16 Å². The van der Waals surface area contributed by atoms with Gasteiger partial charge in [0.05, 0.1) is 16.3 Å². The zero-order valence-electron chi connectivity index (χ0n) is 15.0. The Bertz CT molecular complexity index is 1100. The number of carbonyl (C=O) groups is 1. The summed E-state index contributed by atoms with van der Waals surface area (Å²) in [6, 6.07) is 9.64. The molecule has 0 saturated carbocycles. The molecule has 0 radical (unpaired) electrons. The van der Waals surface area contributed by atoms with Crippen molar-refractivity contribution >= 4 is 44.9 Å². The quantitative estimate of drug-likeness (QED) is 0.367. The zero-order valence-corrected chi connectivity index (χ0v) is 16.6. The summed E-state index contributed by atoms with van der Waals surface area (Å²) in [5, 5.41) is 12.5. The van der Waals surface area contributed by atoms with Gasteiger partial charge in [-0.15, -0.1) is 11.3 Å². The first-order valence-corrected chi connectivity index (χ1v) is 10.2. The van der Waals surface area contributed by atoms with E-state index < -0.39 is 0 Å². The van der Waals surface area contributed by atoms with Gasteiger partial charge in [0.2, 0.25) is 0 Å². The highest BCUT2D eigenvalue weighted by Crippen LogP contribution is 2.29. The van der Waals surface area contributed by atoms with Crippen LogP contribution in [0.4, 0.5) is 5.69 Å². The van der Waals surface area contributed by atoms with Crippen LogP contribution in [0, 0.1) is 25.2 Å². The number of thiophene rings is 1. The molecule has 0 bridgehead atoms. The molecule has 0 aliphatic rings. The van der Waals surface area contributed by atoms with Crippen molar-refractivity contribution in [2.75, 3.05) is 11.1 Å². The number of hydrogen-bond acceptors (Lipinski definition) is 6. The molecular formula is C19H18N4O2S2. The van der Waals surface area contributed by atoms with Crippen LogP contribution in [0.1, 0.15) is 33.6 Å². The van der Waals surface area contributed by atoms with Crippen molar-refractivity contribution in [2.24, 2.45) is 0 Å². The number of aromatic nitrogens is 2. The minimum atomic E-state index is -0.244. The number of nitrogens with one attached hydrogen (secondary N) is 2. The number of carbonyl (C=O) groups excluding carboxylic acids is 1. The third kappa shape index (κ3) is 4.21. The minimum absolute atomic E-state index is 0.243. The van der Waals surface area contributed by atoms with Crippen LogP contribution < -0.4 is 10.9 Å². The highest BCUT2D eigenvalue weighted by molar-refractivity contribution is 7.99. The van der Waals surface area contributed by atoms with Gasteiger partial charge in [-0.05, 0) is 37.5 Å². The molecule has 3 aromatic rings. The molecule has 2 heterocycles. The van der Waals surface area contributed by atoms with Crippen LogP contribution in [0.3, 0.4) is 0 Å². The highest BCUT2D eigenvalue weighted by atomic mass is 32.2. The highest BCUT2D eigenvalue weighted by Gasteiger charge is 2.20. The van der Waals surface area contributed by atoms with Crippen molar-refractivity contribution in [1.82, 2.24) is 9.97 Å². The molecule has 0 aliphatic carbocycles. The number of benzene rings is 1. The fraction of sp³-hybridized carbons (Fsp3) is 0.263. The molecule has 138 valence electrons. The second kappa shape index (κ2) is 8.37. The van der Waals surface area contributed by atoms with Crippen molar-refractivity contribution in [3.63, 3.8) is 0 Å². The topological polar surface area (TPSA) is 98.6 Å². The van der Waals surface area contributed by atoms with E-state index in [0.717, 1.165) is 17.7 Å². The molecular weight excluding hydrogens is 380 g/mol. The summed E-state index contributed by atoms with van der Waals surface area (Å²) >= 11 is 2.63. The molecule has 2 aromatic heterocycles. The number of H-pyrrole nitrogens is 1. The number of hydrogen-bond donors (Lipinski definition) is 2. The number of para-hydroxylation sites is 1. The SMILES string of the molecule is Cc1ccccc1NC(=O)c1sc2nc(SCCCC#N)[nH]c(=O)c2c1C.